The third-order valence-corrected chi connectivity index (χ3v) is 5.49. The number of halogens is 1. The first-order chi connectivity index (χ1) is 13.4. The lowest BCUT2D eigenvalue weighted by molar-refractivity contribution is -0.120. The summed E-state index contributed by atoms with van der Waals surface area (Å²) in [6.45, 7) is 3.35. The summed E-state index contributed by atoms with van der Waals surface area (Å²) >= 11 is 7.36. The van der Waals surface area contributed by atoms with Crippen LogP contribution in [0.2, 0.25) is 5.02 Å². The van der Waals surface area contributed by atoms with Crippen LogP contribution in [0.25, 0.3) is 10.4 Å². The van der Waals surface area contributed by atoms with Crippen LogP contribution in [0.1, 0.15) is 30.6 Å². The number of nitrogens with zero attached hydrogens (tertiary/aromatic N) is 1. The lowest BCUT2D eigenvalue weighted by Gasteiger charge is -2.17. The highest BCUT2D eigenvalue weighted by Crippen LogP contribution is 2.32. The van der Waals surface area contributed by atoms with Crippen molar-refractivity contribution < 1.29 is 9.59 Å². The van der Waals surface area contributed by atoms with E-state index >= 15 is 0 Å². The van der Waals surface area contributed by atoms with Crippen LogP contribution in [0, 0.1) is 6.92 Å². The van der Waals surface area contributed by atoms with Crippen molar-refractivity contribution in [1.29, 1.82) is 0 Å². The van der Waals surface area contributed by atoms with E-state index in [0.717, 1.165) is 21.7 Å². The number of aryl methyl sites for hydroxylation is 1. The van der Waals surface area contributed by atoms with Crippen LogP contribution < -0.4 is 10.6 Å². The van der Waals surface area contributed by atoms with Crippen LogP contribution in [-0.2, 0) is 9.59 Å². The number of thiazole rings is 1. The van der Waals surface area contributed by atoms with Gasteiger partial charge in [0.15, 0.2) is 5.13 Å². The van der Waals surface area contributed by atoms with E-state index in [2.05, 4.69) is 15.6 Å². The fourth-order valence-corrected chi connectivity index (χ4v) is 3.97. The third kappa shape index (κ3) is 5.18. The zero-order valence-corrected chi connectivity index (χ0v) is 17.1. The number of anilines is 1. The second-order valence-corrected chi connectivity index (χ2v) is 7.79. The Labute approximate surface area is 172 Å². The number of hydrogen-bond acceptors (Lipinski definition) is 4. The topological polar surface area (TPSA) is 71.1 Å². The van der Waals surface area contributed by atoms with Gasteiger partial charge in [0.2, 0.25) is 11.8 Å². The van der Waals surface area contributed by atoms with Crippen LogP contribution in [0.15, 0.2) is 54.6 Å². The van der Waals surface area contributed by atoms with Crippen molar-refractivity contribution in [1.82, 2.24) is 10.3 Å². The maximum atomic E-state index is 12.6. The zero-order chi connectivity index (χ0) is 20.1. The predicted molar refractivity (Wildman–Crippen MR) is 114 cm³/mol. The van der Waals surface area contributed by atoms with E-state index in [1.165, 1.54) is 18.3 Å². The molecule has 0 aliphatic rings. The molecule has 0 saturated carbocycles. The minimum absolute atomic E-state index is 0.0977. The monoisotopic (exact) mass is 413 g/mol. The highest BCUT2D eigenvalue weighted by atomic mass is 35.5. The third-order valence-electron chi connectivity index (χ3n) is 4.12. The molecule has 7 heteroatoms. The molecule has 0 radical (unpaired) electrons. The van der Waals surface area contributed by atoms with E-state index in [1.54, 1.807) is 24.3 Å². The van der Waals surface area contributed by atoms with Crippen LogP contribution >= 0.6 is 22.9 Å². The summed E-state index contributed by atoms with van der Waals surface area (Å²) in [5, 5.41) is 6.80. The van der Waals surface area contributed by atoms with Gasteiger partial charge in [-0.3, -0.25) is 9.59 Å². The lowest BCUT2D eigenvalue weighted by Crippen LogP contribution is -2.29. The molecule has 2 amide bonds. The van der Waals surface area contributed by atoms with Crippen LogP contribution in [0.4, 0.5) is 5.13 Å². The largest absolute Gasteiger partial charge is 0.349 e. The number of carbonyl (C=O) groups is 2. The molecule has 0 aliphatic carbocycles. The summed E-state index contributed by atoms with van der Waals surface area (Å²) in [6.07, 6.45) is 0.0977. The van der Waals surface area contributed by atoms with Crippen LogP contribution in [-0.4, -0.2) is 16.8 Å². The van der Waals surface area contributed by atoms with Crippen molar-refractivity contribution >= 4 is 39.9 Å². The van der Waals surface area contributed by atoms with Crippen molar-refractivity contribution in [2.75, 3.05) is 5.32 Å². The van der Waals surface area contributed by atoms with E-state index < -0.39 is 6.04 Å². The summed E-state index contributed by atoms with van der Waals surface area (Å²) in [5.41, 5.74) is 2.74. The van der Waals surface area contributed by atoms with Gasteiger partial charge < -0.3 is 10.6 Å². The summed E-state index contributed by atoms with van der Waals surface area (Å²) < 4.78 is 0. The van der Waals surface area contributed by atoms with E-state index in [-0.39, 0.29) is 18.2 Å². The highest BCUT2D eigenvalue weighted by Gasteiger charge is 2.19. The molecule has 5 nitrogen and oxygen atoms in total. The molecular weight excluding hydrogens is 394 g/mol. The van der Waals surface area contributed by atoms with E-state index in [0.29, 0.717) is 10.2 Å². The number of nitrogens with one attached hydrogen (secondary N) is 2. The molecule has 0 spiro atoms. The van der Waals surface area contributed by atoms with Crippen molar-refractivity contribution in [3.05, 3.63) is 70.9 Å². The molecule has 2 N–H and O–H groups in total. The minimum Gasteiger partial charge on any atom is -0.349 e. The van der Waals surface area contributed by atoms with Gasteiger partial charge in [0.1, 0.15) is 0 Å². The van der Waals surface area contributed by atoms with Gasteiger partial charge >= 0.3 is 0 Å². The molecule has 0 aliphatic heterocycles. The smallest absolute Gasteiger partial charge is 0.228 e. The SMILES string of the molecule is CC(=O)NC(CC(=O)Nc1nc(C)c(-c2ccccc2)s1)c1ccc(Cl)cc1. The molecule has 0 fully saturated rings. The summed E-state index contributed by atoms with van der Waals surface area (Å²) in [7, 11) is 0. The predicted octanol–water partition coefficient (Wildman–Crippen LogP) is 4.98. The Hall–Kier alpha value is -2.70. The maximum Gasteiger partial charge on any atom is 0.228 e. The van der Waals surface area contributed by atoms with Gasteiger partial charge in [-0.1, -0.05) is 65.4 Å². The molecule has 0 bridgehead atoms. The molecule has 3 aromatic rings. The van der Waals surface area contributed by atoms with E-state index in [9.17, 15) is 9.59 Å². The first kappa shape index (κ1) is 20.0. The number of hydrogen-bond donors (Lipinski definition) is 2. The first-order valence-electron chi connectivity index (χ1n) is 8.77. The molecular formula is C21H20ClN3O2S. The molecule has 0 saturated heterocycles. The number of amides is 2. The Kier molecular flexibility index (Phi) is 6.44. The fourth-order valence-electron chi connectivity index (χ4n) is 2.86. The number of carbonyl (C=O) groups excluding carboxylic acids is 2. The molecule has 1 unspecified atom stereocenters. The van der Waals surface area contributed by atoms with Crippen molar-refractivity contribution in [2.45, 2.75) is 26.3 Å². The number of benzene rings is 2. The van der Waals surface area contributed by atoms with Crippen LogP contribution in [0.3, 0.4) is 0 Å². The fraction of sp³-hybridized carbons (Fsp3) is 0.190. The van der Waals surface area contributed by atoms with Crippen LogP contribution in [0.5, 0.6) is 0 Å². The second-order valence-electron chi connectivity index (χ2n) is 6.36. The summed E-state index contributed by atoms with van der Waals surface area (Å²) in [6, 6.07) is 16.6. The average molecular weight is 414 g/mol. The Morgan fingerprint density at radius 3 is 2.43 bits per heavy atom. The highest BCUT2D eigenvalue weighted by molar-refractivity contribution is 7.19. The Balaban J connectivity index is 1.72. The molecule has 144 valence electrons. The molecule has 1 aromatic heterocycles. The van der Waals surface area contributed by atoms with Crippen molar-refractivity contribution in [3.63, 3.8) is 0 Å². The summed E-state index contributed by atoms with van der Waals surface area (Å²) in [5.74, 6) is -0.425. The average Bonchev–Trinajstić information content (AvgIpc) is 3.02. The van der Waals surface area contributed by atoms with Gasteiger partial charge in [0, 0.05) is 11.9 Å². The standard InChI is InChI=1S/C21H20ClN3O2S/c1-13-20(16-6-4-3-5-7-16)28-21(23-13)25-19(27)12-18(24-14(2)26)15-8-10-17(22)11-9-15/h3-11,18H,12H2,1-2H3,(H,24,26)(H,23,25,27). The zero-order valence-electron chi connectivity index (χ0n) is 15.5. The van der Waals surface area contributed by atoms with Gasteiger partial charge in [-0.25, -0.2) is 4.98 Å². The molecule has 2 aromatic carbocycles. The van der Waals surface area contributed by atoms with Crippen molar-refractivity contribution in [3.8, 4) is 10.4 Å². The number of rotatable bonds is 6. The minimum atomic E-state index is -0.440. The van der Waals surface area contributed by atoms with E-state index in [1.807, 2.05) is 37.3 Å². The Morgan fingerprint density at radius 2 is 1.79 bits per heavy atom. The van der Waals surface area contributed by atoms with Gasteiger partial charge in [-0.15, -0.1) is 0 Å². The lowest BCUT2D eigenvalue weighted by atomic mass is 10.0. The van der Waals surface area contributed by atoms with Gasteiger partial charge in [-0.2, -0.15) is 0 Å². The molecule has 3 rings (SSSR count). The maximum absolute atomic E-state index is 12.6. The summed E-state index contributed by atoms with van der Waals surface area (Å²) in [4.78, 5) is 29.6. The molecule has 1 heterocycles. The normalized spacial score (nSPS) is 11.7. The Morgan fingerprint density at radius 1 is 1.11 bits per heavy atom. The molecule has 28 heavy (non-hydrogen) atoms. The quantitative estimate of drug-likeness (QED) is 0.598. The second kappa shape index (κ2) is 8.99. The van der Waals surface area contributed by atoms with Gasteiger partial charge in [-0.05, 0) is 30.2 Å². The van der Waals surface area contributed by atoms with E-state index in [4.69, 9.17) is 11.6 Å². The van der Waals surface area contributed by atoms with Gasteiger partial charge in [0.25, 0.3) is 0 Å². The van der Waals surface area contributed by atoms with Crippen molar-refractivity contribution in [2.24, 2.45) is 0 Å². The number of aromatic nitrogens is 1. The Bertz CT molecular complexity index is 971. The molecule has 1 atom stereocenters. The first-order valence-corrected chi connectivity index (χ1v) is 9.97. The van der Waals surface area contributed by atoms with Gasteiger partial charge in [0.05, 0.1) is 23.0 Å².